The molecule has 0 aliphatic rings. The Morgan fingerprint density at radius 2 is 1.71 bits per heavy atom. The summed E-state index contributed by atoms with van der Waals surface area (Å²) < 4.78 is 10.6. The molecule has 0 aliphatic heterocycles. The zero-order valence-electron chi connectivity index (χ0n) is 10.6. The number of carboxylic acids is 1. The highest BCUT2D eigenvalue weighted by molar-refractivity contribution is 5.66. The number of rotatable bonds is 6. The van der Waals surface area contributed by atoms with Crippen LogP contribution in [0.4, 0.5) is 0 Å². The van der Waals surface area contributed by atoms with Gasteiger partial charge in [0.15, 0.2) is 11.5 Å². The van der Waals surface area contributed by atoms with Crippen molar-refractivity contribution < 1.29 is 19.4 Å². The smallest absolute Gasteiger partial charge is 0.306 e. The van der Waals surface area contributed by atoms with Crippen LogP contribution in [0.15, 0.2) is 24.3 Å². The third kappa shape index (κ3) is 6.45. The molecule has 1 rings (SSSR count). The van der Waals surface area contributed by atoms with Crippen molar-refractivity contribution in [3.8, 4) is 11.5 Å². The Labute approximate surface area is 102 Å². The number of aliphatic carboxylic acids is 1. The van der Waals surface area contributed by atoms with Crippen molar-refractivity contribution in [3.63, 3.8) is 0 Å². The summed E-state index contributed by atoms with van der Waals surface area (Å²) in [6, 6.07) is 7.21. The summed E-state index contributed by atoms with van der Waals surface area (Å²) in [7, 11) is 0. The molecule has 0 radical (unpaired) electrons. The van der Waals surface area contributed by atoms with Gasteiger partial charge in [0.1, 0.15) is 0 Å². The molecule has 4 nitrogen and oxygen atoms in total. The minimum Gasteiger partial charge on any atom is -0.490 e. The first-order valence-electron chi connectivity index (χ1n) is 5.80. The molecule has 1 aromatic carbocycles. The van der Waals surface area contributed by atoms with E-state index in [1.165, 1.54) is 0 Å². The summed E-state index contributed by atoms with van der Waals surface area (Å²) in [5.41, 5.74) is 0. The maximum Gasteiger partial charge on any atom is 0.306 e. The van der Waals surface area contributed by atoms with E-state index in [9.17, 15) is 4.79 Å². The van der Waals surface area contributed by atoms with Crippen molar-refractivity contribution in [3.05, 3.63) is 24.3 Å². The molecule has 0 amide bonds. The SMILES string of the molecule is CC.CCOc1ccccc1OCCC(=O)O. The van der Waals surface area contributed by atoms with E-state index in [0.717, 1.165) is 0 Å². The molecular formula is C13H20O4. The van der Waals surface area contributed by atoms with Gasteiger partial charge in [-0.1, -0.05) is 26.0 Å². The number of carboxylic acid groups (broad SMARTS) is 1. The predicted octanol–water partition coefficient (Wildman–Crippen LogP) is 2.97. The minimum atomic E-state index is -0.871. The molecule has 0 unspecified atom stereocenters. The Morgan fingerprint density at radius 1 is 1.18 bits per heavy atom. The average Bonchev–Trinajstić information content (AvgIpc) is 2.34. The van der Waals surface area contributed by atoms with Gasteiger partial charge >= 0.3 is 5.97 Å². The lowest BCUT2D eigenvalue weighted by atomic mass is 10.3. The van der Waals surface area contributed by atoms with Crippen LogP contribution in [0, 0.1) is 0 Å². The van der Waals surface area contributed by atoms with Gasteiger partial charge in [-0.15, -0.1) is 0 Å². The average molecular weight is 240 g/mol. The summed E-state index contributed by atoms with van der Waals surface area (Å²) in [6.07, 6.45) is -0.0134. The van der Waals surface area contributed by atoms with Crippen molar-refractivity contribution in [2.45, 2.75) is 27.2 Å². The Bertz CT molecular complexity index is 323. The van der Waals surface area contributed by atoms with Crippen molar-refractivity contribution in [1.29, 1.82) is 0 Å². The normalized spacial score (nSPS) is 8.88. The lowest BCUT2D eigenvalue weighted by molar-refractivity contribution is -0.137. The molecule has 1 N–H and O–H groups in total. The van der Waals surface area contributed by atoms with Gasteiger partial charge < -0.3 is 14.6 Å². The highest BCUT2D eigenvalue weighted by atomic mass is 16.5. The van der Waals surface area contributed by atoms with Crippen LogP contribution in [-0.4, -0.2) is 24.3 Å². The zero-order chi connectivity index (χ0) is 13.1. The van der Waals surface area contributed by atoms with E-state index in [2.05, 4.69) is 0 Å². The molecule has 4 heteroatoms. The first-order chi connectivity index (χ1) is 8.24. The predicted molar refractivity (Wildman–Crippen MR) is 66.7 cm³/mol. The van der Waals surface area contributed by atoms with Crippen molar-refractivity contribution in [2.24, 2.45) is 0 Å². The second-order valence-electron chi connectivity index (χ2n) is 2.87. The molecule has 0 aromatic heterocycles. The first-order valence-corrected chi connectivity index (χ1v) is 5.80. The summed E-state index contributed by atoms with van der Waals surface area (Å²) >= 11 is 0. The van der Waals surface area contributed by atoms with Crippen LogP contribution in [0.2, 0.25) is 0 Å². The molecule has 1 aromatic rings. The monoisotopic (exact) mass is 240 g/mol. The lowest BCUT2D eigenvalue weighted by Crippen LogP contribution is -2.05. The molecule has 0 aliphatic carbocycles. The van der Waals surface area contributed by atoms with E-state index in [4.69, 9.17) is 14.6 Å². The number of benzene rings is 1. The van der Waals surface area contributed by atoms with Crippen LogP contribution in [-0.2, 0) is 4.79 Å². The summed E-state index contributed by atoms with van der Waals surface area (Å²) in [5, 5.41) is 8.45. The second kappa shape index (κ2) is 9.51. The Morgan fingerprint density at radius 3 is 2.18 bits per heavy atom. The molecule has 0 fully saturated rings. The van der Waals surface area contributed by atoms with Gasteiger partial charge in [0.25, 0.3) is 0 Å². The van der Waals surface area contributed by atoms with Crippen molar-refractivity contribution >= 4 is 5.97 Å². The Balaban J connectivity index is 0.00000121. The number of hydrogen-bond acceptors (Lipinski definition) is 3. The number of carbonyl (C=O) groups is 1. The topological polar surface area (TPSA) is 55.8 Å². The fraction of sp³-hybridized carbons (Fsp3) is 0.462. The van der Waals surface area contributed by atoms with Gasteiger partial charge in [0.05, 0.1) is 19.6 Å². The van der Waals surface area contributed by atoms with Crippen LogP contribution < -0.4 is 9.47 Å². The lowest BCUT2D eigenvalue weighted by Gasteiger charge is -2.10. The molecule has 0 heterocycles. The number of ether oxygens (including phenoxy) is 2. The third-order valence-corrected chi connectivity index (χ3v) is 1.72. The van der Waals surface area contributed by atoms with E-state index in [1.807, 2.05) is 32.9 Å². The summed E-state index contributed by atoms with van der Waals surface area (Å²) in [6.45, 7) is 6.59. The van der Waals surface area contributed by atoms with Crippen molar-refractivity contribution in [2.75, 3.05) is 13.2 Å². The largest absolute Gasteiger partial charge is 0.490 e. The first kappa shape index (κ1) is 15.3. The molecule has 0 atom stereocenters. The van der Waals surface area contributed by atoms with Gasteiger partial charge in [-0.2, -0.15) is 0 Å². The molecular weight excluding hydrogens is 220 g/mol. The number of para-hydroxylation sites is 2. The quantitative estimate of drug-likeness (QED) is 0.830. The van der Waals surface area contributed by atoms with Gasteiger partial charge in [-0.3, -0.25) is 4.79 Å². The Hall–Kier alpha value is -1.71. The molecule has 0 saturated heterocycles. The van der Waals surface area contributed by atoms with Crippen molar-refractivity contribution in [1.82, 2.24) is 0 Å². The van der Waals surface area contributed by atoms with E-state index in [-0.39, 0.29) is 13.0 Å². The van der Waals surface area contributed by atoms with Gasteiger partial charge in [0.2, 0.25) is 0 Å². The van der Waals surface area contributed by atoms with Crippen LogP contribution in [0.5, 0.6) is 11.5 Å². The second-order valence-corrected chi connectivity index (χ2v) is 2.87. The summed E-state index contributed by atoms with van der Waals surface area (Å²) in [4.78, 5) is 10.3. The van der Waals surface area contributed by atoms with E-state index < -0.39 is 5.97 Å². The van der Waals surface area contributed by atoms with E-state index >= 15 is 0 Å². The van der Waals surface area contributed by atoms with Gasteiger partial charge in [-0.25, -0.2) is 0 Å². The maximum absolute atomic E-state index is 10.3. The third-order valence-electron chi connectivity index (χ3n) is 1.72. The summed E-state index contributed by atoms with van der Waals surface area (Å²) in [5.74, 6) is 0.356. The zero-order valence-corrected chi connectivity index (χ0v) is 10.6. The molecule has 17 heavy (non-hydrogen) atoms. The fourth-order valence-electron chi connectivity index (χ4n) is 1.09. The van der Waals surface area contributed by atoms with E-state index in [0.29, 0.717) is 18.1 Å². The van der Waals surface area contributed by atoms with Crippen LogP contribution in [0.1, 0.15) is 27.2 Å². The van der Waals surface area contributed by atoms with Crippen LogP contribution >= 0.6 is 0 Å². The Kier molecular flexibility index (Phi) is 8.55. The maximum atomic E-state index is 10.3. The van der Waals surface area contributed by atoms with Crippen LogP contribution in [0.3, 0.4) is 0 Å². The standard InChI is InChI=1S/C11H14O4.C2H6/c1-2-14-9-5-3-4-6-10(9)15-8-7-11(12)13;1-2/h3-6H,2,7-8H2,1H3,(H,12,13);1-2H3. The molecule has 0 saturated carbocycles. The fourth-order valence-corrected chi connectivity index (χ4v) is 1.09. The van der Waals surface area contributed by atoms with Crippen LogP contribution in [0.25, 0.3) is 0 Å². The highest BCUT2D eigenvalue weighted by Crippen LogP contribution is 2.26. The number of hydrogen-bond donors (Lipinski definition) is 1. The molecule has 96 valence electrons. The minimum absolute atomic E-state index is 0.0134. The van der Waals surface area contributed by atoms with Gasteiger partial charge in [-0.05, 0) is 19.1 Å². The van der Waals surface area contributed by atoms with Gasteiger partial charge in [0, 0.05) is 0 Å². The van der Waals surface area contributed by atoms with E-state index in [1.54, 1.807) is 12.1 Å². The molecule has 0 spiro atoms. The highest BCUT2D eigenvalue weighted by Gasteiger charge is 2.04. The molecule has 0 bridgehead atoms.